The maximum atomic E-state index is 11.1. The number of methoxy groups -OCH3 is 2. The molecule has 14 heteroatoms. The Morgan fingerprint density at radius 3 is 1.57 bits per heavy atom. The summed E-state index contributed by atoms with van der Waals surface area (Å²) in [7, 11) is 2.69. The van der Waals surface area contributed by atoms with Gasteiger partial charge in [-0.1, -0.05) is 20.8 Å². The zero-order valence-corrected chi connectivity index (χ0v) is 20.8. The molecule has 2 heterocycles. The maximum absolute atomic E-state index is 11.1. The van der Waals surface area contributed by atoms with Crippen LogP contribution in [0.3, 0.4) is 0 Å². The number of aromatic carboxylic acids is 2. The normalized spacial score (nSPS) is 9.32. The third kappa shape index (κ3) is 11.0. The van der Waals surface area contributed by atoms with E-state index >= 15 is 0 Å². The van der Waals surface area contributed by atoms with Gasteiger partial charge in [0, 0.05) is 43.8 Å². The number of carbonyl (C=O) groups is 5. The molecule has 0 radical (unpaired) electrons. The van der Waals surface area contributed by atoms with Gasteiger partial charge in [0.25, 0.3) is 0 Å². The fourth-order valence-corrected chi connectivity index (χ4v) is 2.06. The SMILES string of the molecule is CCC(=O)OC(=O)CC.CCC(=O)Oc1c(OC)ccnc1C(=O)O.COc1ccnc(C(=O)O)c1O. The second-order valence-electron chi connectivity index (χ2n) is 6.39. The number of rotatable bonds is 8. The van der Waals surface area contributed by atoms with Crippen LogP contribution >= 0.6 is 0 Å². The molecule has 0 amide bonds. The average molecular weight is 524 g/mol. The lowest BCUT2D eigenvalue weighted by Crippen LogP contribution is -2.12. The van der Waals surface area contributed by atoms with E-state index < -0.39 is 41.3 Å². The number of ether oxygens (including phenoxy) is 4. The van der Waals surface area contributed by atoms with E-state index in [0.29, 0.717) is 0 Å². The van der Waals surface area contributed by atoms with Crippen LogP contribution in [0.15, 0.2) is 24.5 Å². The van der Waals surface area contributed by atoms with Crippen molar-refractivity contribution in [1.29, 1.82) is 0 Å². The van der Waals surface area contributed by atoms with Gasteiger partial charge in [0.15, 0.2) is 28.6 Å². The Labute approximate surface area is 211 Å². The highest BCUT2D eigenvalue weighted by molar-refractivity contribution is 5.91. The molecular weight excluding hydrogens is 496 g/mol. The minimum absolute atomic E-state index is 0.0994. The quantitative estimate of drug-likeness (QED) is 0.335. The summed E-state index contributed by atoms with van der Waals surface area (Å²) in [5.41, 5.74) is -0.754. The van der Waals surface area contributed by atoms with Crippen molar-refractivity contribution >= 4 is 29.8 Å². The molecule has 0 aliphatic rings. The summed E-state index contributed by atoms with van der Waals surface area (Å²) in [5, 5.41) is 26.6. The second kappa shape index (κ2) is 16.8. The number of carbonyl (C=O) groups excluding carboxylic acids is 3. The molecule has 0 aliphatic carbocycles. The summed E-state index contributed by atoms with van der Waals surface area (Å²) in [4.78, 5) is 60.1. The van der Waals surface area contributed by atoms with Gasteiger partial charge in [-0.2, -0.15) is 0 Å². The third-order valence-corrected chi connectivity index (χ3v) is 3.91. The van der Waals surface area contributed by atoms with Crippen molar-refractivity contribution in [3.8, 4) is 23.0 Å². The summed E-state index contributed by atoms with van der Waals surface area (Å²) in [6.45, 7) is 4.89. The van der Waals surface area contributed by atoms with Crippen LogP contribution in [0.2, 0.25) is 0 Å². The summed E-state index contributed by atoms with van der Waals surface area (Å²) < 4.78 is 18.7. The van der Waals surface area contributed by atoms with Gasteiger partial charge in [0.1, 0.15) is 0 Å². The van der Waals surface area contributed by atoms with Crippen LogP contribution in [0.1, 0.15) is 61.0 Å². The highest BCUT2D eigenvalue weighted by Crippen LogP contribution is 2.30. The van der Waals surface area contributed by atoms with E-state index in [1.165, 1.54) is 38.7 Å². The Kier molecular flexibility index (Phi) is 14.6. The van der Waals surface area contributed by atoms with Crippen molar-refractivity contribution in [2.24, 2.45) is 0 Å². The molecule has 37 heavy (non-hydrogen) atoms. The molecule has 0 unspecified atom stereocenters. The van der Waals surface area contributed by atoms with Crippen molar-refractivity contribution in [2.75, 3.05) is 14.2 Å². The van der Waals surface area contributed by atoms with Crippen LogP contribution in [-0.2, 0) is 19.1 Å². The standard InChI is InChI=1S/C10H11NO5.C7H7NO4.C6H10O3/c1-3-7(12)16-9-6(15-2)4-5-11-8(9)10(13)14;1-12-4-2-3-8-5(6(4)9)7(10)11;1-3-5(7)9-6(8)4-2/h4-5H,3H2,1-2H3,(H,13,14);2-3,9H,1H3,(H,10,11);3-4H2,1-2H3. The maximum Gasteiger partial charge on any atom is 0.358 e. The largest absolute Gasteiger partial charge is 0.503 e. The van der Waals surface area contributed by atoms with E-state index in [2.05, 4.69) is 19.4 Å². The zero-order valence-electron chi connectivity index (χ0n) is 20.8. The first-order valence-electron chi connectivity index (χ1n) is 10.6. The highest BCUT2D eigenvalue weighted by atomic mass is 16.6. The van der Waals surface area contributed by atoms with Crippen LogP contribution in [0, 0.1) is 0 Å². The summed E-state index contributed by atoms with van der Waals surface area (Å²) in [6.07, 6.45) is 3.17. The molecule has 0 fully saturated rings. The predicted octanol–water partition coefficient (Wildman–Crippen LogP) is 2.47. The van der Waals surface area contributed by atoms with E-state index in [0.717, 1.165) is 0 Å². The average Bonchev–Trinajstić information content (AvgIpc) is 2.88. The molecule has 0 aromatic carbocycles. The molecule has 0 aliphatic heterocycles. The van der Waals surface area contributed by atoms with Gasteiger partial charge in [-0.25, -0.2) is 19.6 Å². The van der Waals surface area contributed by atoms with Gasteiger partial charge in [0.05, 0.1) is 14.2 Å². The molecule has 3 N–H and O–H groups in total. The van der Waals surface area contributed by atoms with Gasteiger partial charge in [0.2, 0.25) is 5.75 Å². The Morgan fingerprint density at radius 2 is 1.16 bits per heavy atom. The topological polar surface area (TPSA) is 209 Å². The Morgan fingerprint density at radius 1 is 0.730 bits per heavy atom. The van der Waals surface area contributed by atoms with Crippen LogP contribution in [0.25, 0.3) is 0 Å². The van der Waals surface area contributed by atoms with Gasteiger partial charge < -0.3 is 34.3 Å². The number of carboxylic acids is 2. The molecule has 2 aromatic rings. The number of hydrogen-bond acceptors (Lipinski definition) is 12. The first kappa shape index (κ1) is 32.2. The Hall–Kier alpha value is -4.75. The van der Waals surface area contributed by atoms with Gasteiger partial charge in [-0.15, -0.1) is 0 Å². The molecule has 202 valence electrons. The van der Waals surface area contributed by atoms with E-state index in [1.54, 1.807) is 20.8 Å². The molecule has 0 saturated carbocycles. The first-order chi connectivity index (χ1) is 17.5. The third-order valence-electron chi connectivity index (χ3n) is 3.91. The number of esters is 3. The number of nitrogens with zero attached hydrogens (tertiary/aromatic N) is 2. The minimum Gasteiger partial charge on any atom is -0.503 e. The van der Waals surface area contributed by atoms with Crippen molar-refractivity contribution in [1.82, 2.24) is 9.97 Å². The highest BCUT2D eigenvalue weighted by Gasteiger charge is 2.20. The predicted molar refractivity (Wildman–Crippen MR) is 125 cm³/mol. The Balaban J connectivity index is 0.000000550. The van der Waals surface area contributed by atoms with Crippen LogP contribution in [-0.4, -0.2) is 69.4 Å². The Bertz CT molecular complexity index is 1090. The van der Waals surface area contributed by atoms with Crippen molar-refractivity contribution < 1.29 is 58.2 Å². The number of hydrogen-bond donors (Lipinski definition) is 3. The van der Waals surface area contributed by atoms with Gasteiger partial charge in [-0.05, 0) is 0 Å². The number of aromatic nitrogens is 2. The minimum atomic E-state index is -1.29. The molecule has 0 spiro atoms. The lowest BCUT2D eigenvalue weighted by molar-refractivity contribution is -0.159. The van der Waals surface area contributed by atoms with Crippen molar-refractivity contribution in [3.05, 3.63) is 35.9 Å². The molecule has 0 bridgehead atoms. The van der Waals surface area contributed by atoms with E-state index in [4.69, 9.17) is 19.7 Å². The van der Waals surface area contributed by atoms with Gasteiger partial charge in [-0.3, -0.25) is 14.4 Å². The lowest BCUT2D eigenvalue weighted by Gasteiger charge is -2.09. The van der Waals surface area contributed by atoms with Gasteiger partial charge >= 0.3 is 29.8 Å². The van der Waals surface area contributed by atoms with E-state index in [1.807, 2.05) is 0 Å². The van der Waals surface area contributed by atoms with Crippen LogP contribution in [0.5, 0.6) is 23.0 Å². The number of aromatic hydroxyl groups is 1. The summed E-state index contributed by atoms with van der Waals surface area (Å²) >= 11 is 0. The molecule has 2 aromatic heterocycles. The number of carboxylic acid groups (broad SMARTS) is 2. The van der Waals surface area contributed by atoms with Crippen LogP contribution in [0.4, 0.5) is 0 Å². The smallest absolute Gasteiger partial charge is 0.358 e. The lowest BCUT2D eigenvalue weighted by atomic mass is 10.3. The second-order valence-corrected chi connectivity index (χ2v) is 6.39. The molecule has 2 rings (SSSR count). The first-order valence-corrected chi connectivity index (χ1v) is 10.6. The zero-order chi connectivity index (χ0) is 28.5. The van der Waals surface area contributed by atoms with E-state index in [9.17, 15) is 29.1 Å². The summed E-state index contributed by atoms with van der Waals surface area (Å²) in [5.74, 6) is -4.38. The fourth-order valence-electron chi connectivity index (χ4n) is 2.06. The van der Waals surface area contributed by atoms with Crippen molar-refractivity contribution in [3.63, 3.8) is 0 Å². The monoisotopic (exact) mass is 524 g/mol. The fraction of sp³-hybridized carbons (Fsp3) is 0.348. The number of pyridine rings is 2. The van der Waals surface area contributed by atoms with Crippen LogP contribution < -0.4 is 14.2 Å². The van der Waals surface area contributed by atoms with Crippen molar-refractivity contribution in [2.45, 2.75) is 40.0 Å². The molecule has 0 saturated heterocycles. The summed E-state index contributed by atoms with van der Waals surface area (Å²) in [6, 6.07) is 2.80. The van der Waals surface area contributed by atoms with E-state index in [-0.39, 0.29) is 42.2 Å². The molecule has 0 atom stereocenters. The molecule has 14 nitrogen and oxygen atoms in total. The molecular formula is C23H28N2O12.